The first-order valence-electron chi connectivity index (χ1n) is 18.5. The normalized spacial score (nSPS) is 11.4. The zero-order chi connectivity index (χ0) is 40.1. The molecular formula is C40H60N10O4. The molecule has 0 saturated heterocycles. The van der Waals surface area contributed by atoms with Crippen LogP contribution in [0.4, 0.5) is 34.1 Å². The Balaban J connectivity index is 2.02. The molecule has 0 unspecified atom stereocenters. The molecule has 0 atom stereocenters. The van der Waals surface area contributed by atoms with E-state index in [0.29, 0.717) is 86.2 Å². The number of nitrogens with one attached hydrogen (secondary N) is 6. The van der Waals surface area contributed by atoms with Gasteiger partial charge in [0, 0.05) is 50.1 Å². The molecular weight excluding hydrogens is 685 g/mol. The molecule has 14 heteroatoms. The number of rotatable bonds is 18. The predicted octanol–water partition coefficient (Wildman–Crippen LogP) is 4.88. The van der Waals surface area contributed by atoms with Gasteiger partial charge in [-0.25, -0.2) is 0 Å². The minimum Gasteiger partial charge on any atom is -0.380 e. The van der Waals surface area contributed by atoms with Gasteiger partial charge >= 0.3 is 0 Å². The van der Waals surface area contributed by atoms with Crippen molar-refractivity contribution in [1.82, 2.24) is 0 Å². The van der Waals surface area contributed by atoms with E-state index in [-0.39, 0.29) is 46.6 Å². The quantitative estimate of drug-likeness (QED) is 0.0846. The number of anilines is 6. The van der Waals surface area contributed by atoms with Crippen LogP contribution in [-0.2, 0) is 20.4 Å². The number of carbonyl (C=O) groups excluding carboxylic acids is 4. The summed E-state index contributed by atoms with van der Waals surface area (Å²) < 4.78 is 0. The minimum atomic E-state index is -0.463. The van der Waals surface area contributed by atoms with Gasteiger partial charge in [-0.3, -0.25) is 19.2 Å². The molecule has 0 radical (unpaired) electrons. The Morgan fingerprint density at radius 3 is 1.19 bits per heavy atom. The molecule has 14 nitrogen and oxygen atoms in total. The molecule has 54 heavy (non-hydrogen) atoms. The molecule has 0 aliphatic heterocycles. The molecule has 294 valence electrons. The second-order valence-corrected chi connectivity index (χ2v) is 15.2. The van der Waals surface area contributed by atoms with Crippen LogP contribution in [-0.4, -0.2) is 62.9 Å². The van der Waals surface area contributed by atoms with Gasteiger partial charge in [0.25, 0.3) is 11.8 Å². The van der Waals surface area contributed by atoms with Crippen molar-refractivity contribution in [3.8, 4) is 0 Å². The number of carbonyl (C=O) groups is 4. The van der Waals surface area contributed by atoms with Crippen LogP contribution < -0.4 is 54.8 Å². The molecule has 0 saturated carbocycles. The van der Waals surface area contributed by atoms with Crippen molar-refractivity contribution in [2.75, 3.05) is 71.2 Å². The maximum absolute atomic E-state index is 13.9. The van der Waals surface area contributed by atoms with E-state index in [1.807, 2.05) is 65.8 Å². The molecule has 0 heterocycles. The maximum atomic E-state index is 13.9. The summed E-state index contributed by atoms with van der Waals surface area (Å²) in [6.45, 7) is 14.4. The lowest BCUT2D eigenvalue weighted by Crippen LogP contribution is -2.22. The number of hydrogen-bond donors (Lipinski definition) is 10. The lowest BCUT2D eigenvalue weighted by molar-refractivity contribution is -0.117. The molecule has 4 amide bonds. The van der Waals surface area contributed by atoms with Crippen LogP contribution in [0.3, 0.4) is 0 Å². The van der Waals surface area contributed by atoms with Gasteiger partial charge in [-0.15, -0.1) is 0 Å². The first-order chi connectivity index (χ1) is 25.5. The van der Waals surface area contributed by atoms with E-state index >= 15 is 0 Å². The molecule has 0 aliphatic carbocycles. The molecule has 0 spiro atoms. The number of hydrogen-bond acceptors (Lipinski definition) is 10. The Morgan fingerprint density at radius 1 is 0.519 bits per heavy atom. The van der Waals surface area contributed by atoms with Crippen molar-refractivity contribution in [3.05, 3.63) is 70.8 Å². The van der Waals surface area contributed by atoms with Crippen molar-refractivity contribution in [1.29, 1.82) is 0 Å². The summed E-state index contributed by atoms with van der Waals surface area (Å²) in [7, 11) is 0. The second-order valence-electron chi connectivity index (χ2n) is 15.2. The third-order valence-electron chi connectivity index (χ3n) is 8.55. The zero-order valence-corrected chi connectivity index (χ0v) is 32.6. The van der Waals surface area contributed by atoms with Crippen LogP contribution in [0.5, 0.6) is 0 Å². The van der Waals surface area contributed by atoms with Gasteiger partial charge in [-0.1, -0.05) is 47.6 Å². The number of nitrogens with two attached hydrogens (primary N) is 4. The second kappa shape index (κ2) is 19.9. The summed E-state index contributed by atoms with van der Waals surface area (Å²) in [5, 5.41) is 18.5. The van der Waals surface area contributed by atoms with E-state index in [4.69, 9.17) is 22.9 Å². The van der Waals surface area contributed by atoms with Gasteiger partial charge in [-0.2, -0.15) is 0 Å². The Morgan fingerprint density at radius 2 is 0.870 bits per heavy atom. The van der Waals surface area contributed by atoms with Gasteiger partial charge in [0.05, 0.1) is 34.1 Å². The lowest BCUT2D eigenvalue weighted by Gasteiger charge is -2.25. The molecule has 3 rings (SSSR count). The highest BCUT2D eigenvalue weighted by atomic mass is 16.2. The average molecular weight is 745 g/mol. The van der Waals surface area contributed by atoms with Gasteiger partial charge in [0.15, 0.2) is 0 Å². The fraction of sp³-hybridized carbons (Fsp3) is 0.450. The lowest BCUT2D eigenvalue weighted by atomic mass is 9.86. The zero-order valence-electron chi connectivity index (χ0n) is 32.6. The third kappa shape index (κ3) is 12.5. The molecule has 0 bridgehead atoms. The fourth-order valence-corrected chi connectivity index (χ4v) is 5.46. The van der Waals surface area contributed by atoms with Crippen molar-refractivity contribution in [2.45, 2.75) is 78.1 Å². The molecule has 0 aliphatic rings. The summed E-state index contributed by atoms with van der Waals surface area (Å²) in [6.07, 6.45) is 1.56. The smallest absolute Gasteiger partial charge is 0.255 e. The van der Waals surface area contributed by atoms with E-state index < -0.39 is 11.8 Å². The van der Waals surface area contributed by atoms with Crippen molar-refractivity contribution < 1.29 is 19.2 Å². The molecule has 0 fully saturated rings. The van der Waals surface area contributed by atoms with E-state index in [0.717, 1.165) is 11.1 Å². The summed E-state index contributed by atoms with van der Waals surface area (Å²) in [5.41, 5.74) is 27.4. The summed E-state index contributed by atoms with van der Waals surface area (Å²) in [4.78, 5) is 53.4. The summed E-state index contributed by atoms with van der Waals surface area (Å²) in [6, 6.07) is 13.9. The highest BCUT2D eigenvalue weighted by molar-refractivity contribution is 6.12. The van der Waals surface area contributed by atoms with E-state index in [1.165, 1.54) is 6.07 Å². The Bertz CT molecular complexity index is 1650. The Kier molecular flexibility index (Phi) is 16.0. The predicted molar refractivity (Wildman–Crippen MR) is 222 cm³/mol. The molecule has 3 aromatic rings. The van der Waals surface area contributed by atoms with Crippen LogP contribution >= 0.6 is 0 Å². The highest BCUT2D eigenvalue weighted by Crippen LogP contribution is 2.39. The van der Waals surface area contributed by atoms with Crippen LogP contribution in [0.2, 0.25) is 0 Å². The van der Waals surface area contributed by atoms with Crippen LogP contribution in [0, 0.1) is 0 Å². The number of amides is 4. The standard InChI is InChI=1S/C40H60N10O4/c1-39(2,3)27-21-29(47-33(51)12-8-14-41)35(45-18-16-43)31(23-27)49-37(53)25-10-7-11-26(20-25)38(54)50-32-24-28(40(4,5)6)22-30(36(32)46-19-17-44)48-34(52)13-9-15-42/h7,10-11,20-24,45-46H,8-9,12-19,41-44H2,1-6H3,(H,47,51)(H,48,52)(H,49,53)(H,50,54). The van der Waals surface area contributed by atoms with Crippen molar-refractivity contribution >= 4 is 57.8 Å². The first-order valence-corrected chi connectivity index (χ1v) is 18.5. The van der Waals surface area contributed by atoms with E-state index in [9.17, 15) is 19.2 Å². The van der Waals surface area contributed by atoms with Gasteiger partial charge < -0.3 is 54.8 Å². The van der Waals surface area contributed by atoms with E-state index in [1.54, 1.807) is 18.2 Å². The SMILES string of the molecule is CC(C)(C)c1cc(NC(=O)CCCN)c(NCCN)c(NC(=O)c2cccc(C(=O)Nc3cc(C(C)(C)C)cc(NC(=O)CCCN)c3NCCN)c2)c1. The molecule has 14 N–H and O–H groups in total. The van der Waals surface area contributed by atoms with Crippen LogP contribution in [0.25, 0.3) is 0 Å². The van der Waals surface area contributed by atoms with Gasteiger partial charge in [0.1, 0.15) is 0 Å². The largest absolute Gasteiger partial charge is 0.380 e. The van der Waals surface area contributed by atoms with Gasteiger partial charge in [-0.05, 0) is 90.4 Å². The molecule has 3 aromatic carbocycles. The molecule has 0 aromatic heterocycles. The van der Waals surface area contributed by atoms with Crippen molar-refractivity contribution in [2.24, 2.45) is 22.9 Å². The minimum absolute atomic E-state index is 0.200. The first kappa shape index (κ1) is 43.4. The Labute approximate surface area is 319 Å². The topological polar surface area (TPSA) is 245 Å². The Hall–Kier alpha value is -5.02. The number of benzene rings is 3. The summed E-state index contributed by atoms with van der Waals surface area (Å²) in [5.74, 6) is -1.33. The van der Waals surface area contributed by atoms with Crippen LogP contribution in [0.15, 0.2) is 48.5 Å². The fourth-order valence-electron chi connectivity index (χ4n) is 5.46. The average Bonchev–Trinajstić information content (AvgIpc) is 3.11. The highest BCUT2D eigenvalue weighted by Gasteiger charge is 2.24. The van der Waals surface area contributed by atoms with Gasteiger partial charge in [0.2, 0.25) is 11.8 Å². The van der Waals surface area contributed by atoms with Crippen molar-refractivity contribution in [3.63, 3.8) is 0 Å². The van der Waals surface area contributed by atoms with E-state index in [2.05, 4.69) is 31.9 Å². The monoisotopic (exact) mass is 744 g/mol. The third-order valence-corrected chi connectivity index (χ3v) is 8.55. The summed E-state index contributed by atoms with van der Waals surface area (Å²) >= 11 is 0. The maximum Gasteiger partial charge on any atom is 0.255 e. The van der Waals surface area contributed by atoms with Crippen LogP contribution in [0.1, 0.15) is 99.1 Å².